The standard InChI is InChI=1S/C16H24N2O5/c1-12(15(19)23-16(2,3)4)17(5)10-11-22-14-9-7-6-8-13(14)18(20)21/h6-9,12H,10-11H2,1-5H3/t12-/m1/s1. The summed E-state index contributed by atoms with van der Waals surface area (Å²) in [7, 11) is 1.78. The summed E-state index contributed by atoms with van der Waals surface area (Å²) >= 11 is 0. The SMILES string of the molecule is C[C@H](C(=O)OC(C)(C)C)N(C)CCOc1ccccc1[N+](=O)[O-]. The van der Waals surface area contributed by atoms with Crippen LogP contribution in [0.1, 0.15) is 27.7 Å². The molecule has 0 saturated heterocycles. The van der Waals surface area contributed by atoms with Crippen molar-refractivity contribution in [3.8, 4) is 5.75 Å². The molecule has 23 heavy (non-hydrogen) atoms. The van der Waals surface area contributed by atoms with Crippen LogP contribution in [0.5, 0.6) is 5.75 Å². The Hall–Kier alpha value is -2.15. The number of ether oxygens (including phenoxy) is 2. The monoisotopic (exact) mass is 324 g/mol. The Bertz CT molecular complexity index is 554. The topological polar surface area (TPSA) is 81.9 Å². The lowest BCUT2D eigenvalue weighted by molar-refractivity contribution is -0.385. The van der Waals surface area contributed by atoms with Crippen molar-refractivity contribution >= 4 is 11.7 Å². The average molecular weight is 324 g/mol. The van der Waals surface area contributed by atoms with Crippen molar-refractivity contribution < 1.29 is 19.2 Å². The average Bonchev–Trinajstić information content (AvgIpc) is 2.44. The molecular formula is C16H24N2O5. The number of para-hydroxylation sites is 2. The number of esters is 1. The molecule has 0 unspecified atom stereocenters. The first-order chi connectivity index (χ1) is 10.6. The number of hydrogen-bond donors (Lipinski definition) is 0. The highest BCUT2D eigenvalue weighted by molar-refractivity contribution is 5.75. The van der Waals surface area contributed by atoms with Gasteiger partial charge in [-0.25, -0.2) is 0 Å². The van der Waals surface area contributed by atoms with Gasteiger partial charge in [-0.1, -0.05) is 12.1 Å². The molecule has 0 aromatic heterocycles. The third-order valence-electron chi connectivity index (χ3n) is 3.17. The number of hydrogen-bond acceptors (Lipinski definition) is 6. The first kappa shape index (κ1) is 18.9. The molecule has 1 atom stereocenters. The van der Waals surface area contributed by atoms with Gasteiger partial charge in [0.15, 0.2) is 5.75 Å². The van der Waals surface area contributed by atoms with Gasteiger partial charge in [0.2, 0.25) is 0 Å². The quantitative estimate of drug-likeness (QED) is 0.436. The molecule has 1 aromatic carbocycles. The van der Waals surface area contributed by atoms with E-state index >= 15 is 0 Å². The summed E-state index contributed by atoms with van der Waals surface area (Å²) in [6, 6.07) is 5.78. The lowest BCUT2D eigenvalue weighted by atomic mass is 10.2. The van der Waals surface area contributed by atoms with Gasteiger partial charge in [0.25, 0.3) is 0 Å². The molecule has 0 aliphatic heterocycles. The number of carbonyl (C=O) groups excluding carboxylic acids is 1. The minimum absolute atomic E-state index is 0.0738. The van der Waals surface area contributed by atoms with Gasteiger partial charge < -0.3 is 9.47 Å². The van der Waals surface area contributed by atoms with Crippen LogP contribution in [-0.2, 0) is 9.53 Å². The number of carbonyl (C=O) groups is 1. The summed E-state index contributed by atoms with van der Waals surface area (Å²) < 4.78 is 10.8. The second-order valence-corrected chi connectivity index (χ2v) is 6.26. The third kappa shape index (κ3) is 6.23. The van der Waals surface area contributed by atoms with Crippen LogP contribution < -0.4 is 4.74 Å². The molecule has 0 bridgehead atoms. The third-order valence-corrected chi connectivity index (χ3v) is 3.17. The molecule has 1 rings (SSSR count). The summed E-state index contributed by atoms with van der Waals surface area (Å²) in [5.41, 5.74) is -0.608. The van der Waals surface area contributed by atoms with E-state index in [9.17, 15) is 14.9 Å². The van der Waals surface area contributed by atoms with Crippen LogP contribution in [0.15, 0.2) is 24.3 Å². The summed E-state index contributed by atoms with van der Waals surface area (Å²) in [5.74, 6) is -0.0958. The van der Waals surface area contributed by atoms with E-state index in [1.54, 1.807) is 37.1 Å². The predicted octanol–water partition coefficient (Wildman–Crippen LogP) is 2.64. The number of nitro groups is 1. The van der Waals surface area contributed by atoms with Gasteiger partial charge in [-0.2, -0.15) is 0 Å². The lowest BCUT2D eigenvalue weighted by Crippen LogP contribution is -2.42. The van der Waals surface area contributed by atoms with Gasteiger partial charge in [0.05, 0.1) is 4.92 Å². The van der Waals surface area contributed by atoms with Crippen molar-refractivity contribution in [3.63, 3.8) is 0 Å². The van der Waals surface area contributed by atoms with E-state index in [-0.39, 0.29) is 24.0 Å². The molecule has 7 nitrogen and oxygen atoms in total. The Morgan fingerprint density at radius 1 is 1.35 bits per heavy atom. The minimum Gasteiger partial charge on any atom is -0.485 e. The van der Waals surface area contributed by atoms with E-state index in [1.807, 2.05) is 20.8 Å². The van der Waals surface area contributed by atoms with Crippen LogP contribution in [0.25, 0.3) is 0 Å². The van der Waals surface area contributed by atoms with Crippen LogP contribution in [0.3, 0.4) is 0 Å². The fraction of sp³-hybridized carbons (Fsp3) is 0.562. The highest BCUT2D eigenvalue weighted by Gasteiger charge is 2.24. The predicted molar refractivity (Wildman–Crippen MR) is 86.5 cm³/mol. The van der Waals surface area contributed by atoms with Gasteiger partial charge in [-0.3, -0.25) is 19.8 Å². The number of benzene rings is 1. The van der Waals surface area contributed by atoms with Gasteiger partial charge in [0, 0.05) is 12.6 Å². The molecule has 0 fully saturated rings. The van der Waals surface area contributed by atoms with E-state index in [2.05, 4.69) is 0 Å². The molecule has 0 spiro atoms. The smallest absolute Gasteiger partial charge is 0.323 e. The Kier molecular flexibility index (Phi) is 6.50. The van der Waals surface area contributed by atoms with Crippen LogP contribution in [-0.4, -0.2) is 47.6 Å². The molecule has 0 radical (unpaired) electrons. The number of rotatable bonds is 7. The van der Waals surface area contributed by atoms with Crippen molar-refractivity contribution in [2.75, 3.05) is 20.2 Å². The molecule has 1 aromatic rings. The zero-order chi connectivity index (χ0) is 17.6. The van der Waals surface area contributed by atoms with Crippen molar-refractivity contribution in [1.82, 2.24) is 4.90 Å². The Morgan fingerprint density at radius 3 is 2.52 bits per heavy atom. The number of nitrogens with zero attached hydrogens (tertiary/aromatic N) is 2. The van der Waals surface area contributed by atoms with E-state index in [4.69, 9.17) is 9.47 Å². The fourth-order valence-corrected chi connectivity index (χ4v) is 1.79. The summed E-state index contributed by atoms with van der Waals surface area (Å²) in [6.07, 6.45) is 0. The second-order valence-electron chi connectivity index (χ2n) is 6.26. The van der Waals surface area contributed by atoms with Gasteiger partial charge in [-0.15, -0.1) is 0 Å². The maximum Gasteiger partial charge on any atom is 0.323 e. The molecule has 0 N–H and O–H groups in total. The summed E-state index contributed by atoms with van der Waals surface area (Å²) in [5, 5.41) is 10.9. The van der Waals surface area contributed by atoms with Crippen molar-refractivity contribution in [2.24, 2.45) is 0 Å². The zero-order valence-corrected chi connectivity index (χ0v) is 14.2. The van der Waals surface area contributed by atoms with E-state index < -0.39 is 16.6 Å². The molecule has 7 heteroatoms. The summed E-state index contributed by atoms with van der Waals surface area (Å²) in [4.78, 5) is 24.2. The Labute approximate surface area is 136 Å². The van der Waals surface area contributed by atoms with Gasteiger partial charge in [0.1, 0.15) is 18.2 Å². The van der Waals surface area contributed by atoms with Gasteiger partial charge >= 0.3 is 11.7 Å². The van der Waals surface area contributed by atoms with E-state index in [0.29, 0.717) is 6.54 Å². The highest BCUT2D eigenvalue weighted by atomic mass is 16.6. The van der Waals surface area contributed by atoms with Crippen molar-refractivity contribution in [1.29, 1.82) is 0 Å². The first-order valence-electron chi connectivity index (χ1n) is 7.41. The Balaban J connectivity index is 2.52. The largest absolute Gasteiger partial charge is 0.485 e. The van der Waals surface area contributed by atoms with Gasteiger partial charge in [-0.05, 0) is 40.8 Å². The first-order valence-corrected chi connectivity index (χ1v) is 7.41. The number of likely N-dealkylation sites (N-methyl/N-ethyl adjacent to an activating group) is 1. The lowest BCUT2D eigenvalue weighted by Gasteiger charge is -2.27. The summed E-state index contributed by atoms with van der Waals surface area (Å²) in [6.45, 7) is 7.86. The normalized spacial score (nSPS) is 12.8. The maximum atomic E-state index is 12.0. The highest BCUT2D eigenvalue weighted by Crippen LogP contribution is 2.25. The zero-order valence-electron chi connectivity index (χ0n) is 14.2. The van der Waals surface area contributed by atoms with Crippen LogP contribution >= 0.6 is 0 Å². The molecule has 128 valence electrons. The second kappa shape index (κ2) is 7.92. The molecule has 0 amide bonds. The molecule has 0 heterocycles. The van der Waals surface area contributed by atoms with Crippen LogP contribution in [0.4, 0.5) is 5.69 Å². The molecule has 0 aliphatic rings. The minimum atomic E-state index is -0.534. The Morgan fingerprint density at radius 2 is 1.96 bits per heavy atom. The van der Waals surface area contributed by atoms with E-state index in [1.165, 1.54) is 6.07 Å². The van der Waals surface area contributed by atoms with Crippen molar-refractivity contribution in [3.05, 3.63) is 34.4 Å². The molecule has 0 aliphatic carbocycles. The maximum absolute atomic E-state index is 12.0. The number of nitro benzene ring substituents is 1. The van der Waals surface area contributed by atoms with Crippen LogP contribution in [0, 0.1) is 10.1 Å². The fourth-order valence-electron chi connectivity index (χ4n) is 1.79. The van der Waals surface area contributed by atoms with E-state index in [0.717, 1.165) is 0 Å². The van der Waals surface area contributed by atoms with Crippen molar-refractivity contribution in [2.45, 2.75) is 39.3 Å². The molecular weight excluding hydrogens is 300 g/mol. The van der Waals surface area contributed by atoms with Crippen LogP contribution in [0.2, 0.25) is 0 Å². The molecule has 0 saturated carbocycles.